The number of carbonyl (C=O) groups excluding carboxylic acids is 1. The fourth-order valence-electron chi connectivity index (χ4n) is 2.63. The zero-order chi connectivity index (χ0) is 14.6. The van der Waals surface area contributed by atoms with Crippen LogP contribution in [-0.2, 0) is 14.3 Å². The van der Waals surface area contributed by atoms with Crippen LogP contribution in [0.4, 0.5) is 0 Å². The molecule has 0 saturated heterocycles. The molecule has 4 nitrogen and oxygen atoms in total. The Kier molecular flexibility index (Phi) is 5.15. The number of carbonyl (C=O) groups is 2. The average molecular weight is 268 g/mol. The third kappa shape index (κ3) is 4.08. The number of hydrogen-bond donors (Lipinski definition) is 1. The fourth-order valence-corrected chi connectivity index (χ4v) is 2.63. The second-order valence-electron chi connectivity index (χ2n) is 5.74. The Morgan fingerprint density at radius 2 is 2.16 bits per heavy atom. The molecule has 0 aliphatic heterocycles. The first-order valence-corrected chi connectivity index (χ1v) is 6.91. The average Bonchev–Trinajstić information content (AvgIpc) is 2.32. The summed E-state index contributed by atoms with van der Waals surface area (Å²) >= 11 is 0. The number of esters is 1. The summed E-state index contributed by atoms with van der Waals surface area (Å²) in [6, 6.07) is 0. The van der Waals surface area contributed by atoms with Crippen LogP contribution in [0.25, 0.3) is 0 Å². The van der Waals surface area contributed by atoms with Crippen molar-refractivity contribution >= 4 is 11.9 Å². The van der Waals surface area contributed by atoms with Crippen molar-refractivity contribution in [2.45, 2.75) is 59.0 Å². The molecule has 0 fully saturated rings. The number of hydrogen-bond acceptors (Lipinski definition) is 3. The highest BCUT2D eigenvalue weighted by molar-refractivity contribution is 5.81. The molecule has 108 valence electrons. The standard InChI is InChI=1S/C15H24O4/c1-5-13(16)19-15(4,14(17)18)9-12-7-6-10(2)8-11(12)3/h8,11-12H,5-7,9H2,1-4H3,(H,17,18). The van der Waals surface area contributed by atoms with Crippen LogP contribution in [0.2, 0.25) is 0 Å². The van der Waals surface area contributed by atoms with Crippen molar-refractivity contribution in [3.63, 3.8) is 0 Å². The minimum atomic E-state index is -1.41. The monoisotopic (exact) mass is 268 g/mol. The maximum atomic E-state index is 11.4. The number of allylic oxidation sites excluding steroid dienone is 2. The Labute approximate surface area is 114 Å². The van der Waals surface area contributed by atoms with E-state index in [1.54, 1.807) is 6.92 Å². The Balaban J connectivity index is 2.79. The number of aliphatic carboxylic acids is 1. The Bertz CT molecular complexity index is 386. The van der Waals surface area contributed by atoms with Gasteiger partial charge in [-0.25, -0.2) is 4.79 Å². The van der Waals surface area contributed by atoms with E-state index in [2.05, 4.69) is 19.9 Å². The molecular formula is C15H24O4. The van der Waals surface area contributed by atoms with Crippen molar-refractivity contribution in [1.82, 2.24) is 0 Å². The lowest BCUT2D eigenvalue weighted by molar-refractivity contribution is -0.179. The smallest absolute Gasteiger partial charge is 0.347 e. The van der Waals surface area contributed by atoms with Crippen molar-refractivity contribution in [2.24, 2.45) is 11.8 Å². The predicted molar refractivity (Wildman–Crippen MR) is 72.7 cm³/mol. The van der Waals surface area contributed by atoms with E-state index in [-0.39, 0.29) is 12.3 Å². The third-order valence-corrected chi connectivity index (χ3v) is 3.93. The third-order valence-electron chi connectivity index (χ3n) is 3.93. The van der Waals surface area contributed by atoms with E-state index in [9.17, 15) is 14.7 Å². The van der Waals surface area contributed by atoms with E-state index in [1.807, 2.05) is 0 Å². The van der Waals surface area contributed by atoms with E-state index in [0.29, 0.717) is 12.3 Å². The summed E-state index contributed by atoms with van der Waals surface area (Å²) in [5.41, 5.74) is -0.0585. The van der Waals surface area contributed by atoms with Crippen LogP contribution in [0.1, 0.15) is 53.4 Å². The predicted octanol–water partition coefficient (Wildman–Crippen LogP) is 3.17. The second-order valence-corrected chi connectivity index (χ2v) is 5.74. The van der Waals surface area contributed by atoms with Crippen molar-refractivity contribution in [3.05, 3.63) is 11.6 Å². The molecule has 1 rings (SSSR count). The molecule has 3 unspecified atom stereocenters. The molecule has 4 heteroatoms. The van der Waals surface area contributed by atoms with Crippen LogP contribution >= 0.6 is 0 Å². The van der Waals surface area contributed by atoms with Gasteiger partial charge in [0.15, 0.2) is 0 Å². The van der Waals surface area contributed by atoms with Crippen molar-refractivity contribution in [3.8, 4) is 0 Å². The topological polar surface area (TPSA) is 63.6 Å². The zero-order valence-corrected chi connectivity index (χ0v) is 12.2. The molecule has 0 spiro atoms. The normalized spacial score (nSPS) is 26.2. The first-order chi connectivity index (χ1) is 8.78. The lowest BCUT2D eigenvalue weighted by Gasteiger charge is -2.33. The molecule has 0 heterocycles. The van der Waals surface area contributed by atoms with Crippen LogP contribution < -0.4 is 0 Å². The summed E-state index contributed by atoms with van der Waals surface area (Å²) in [5.74, 6) is -0.949. The number of carboxylic acids is 1. The van der Waals surface area contributed by atoms with Gasteiger partial charge in [-0.3, -0.25) is 4.79 Å². The van der Waals surface area contributed by atoms with Gasteiger partial charge >= 0.3 is 11.9 Å². The summed E-state index contributed by atoms with van der Waals surface area (Å²) in [5, 5.41) is 9.35. The van der Waals surface area contributed by atoms with E-state index in [4.69, 9.17) is 4.74 Å². The van der Waals surface area contributed by atoms with Gasteiger partial charge in [0, 0.05) is 12.8 Å². The lowest BCUT2D eigenvalue weighted by Crippen LogP contribution is -2.43. The first kappa shape index (κ1) is 15.7. The number of carboxylic acid groups (broad SMARTS) is 1. The molecule has 0 bridgehead atoms. The molecule has 0 saturated carbocycles. The molecule has 0 amide bonds. The van der Waals surface area contributed by atoms with Crippen LogP contribution in [-0.4, -0.2) is 22.6 Å². The summed E-state index contributed by atoms with van der Waals surface area (Å²) < 4.78 is 5.17. The molecule has 0 aromatic heterocycles. The van der Waals surface area contributed by atoms with Crippen LogP contribution in [0.15, 0.2) is 11.6 Å². The maximum Gasteiger partial charge on any atom is 0.347 e. The SMILES string of the molecule is CCC(=O)OC(C)(CC1CCC(C)=CC1C)C(=O)O. The van der Waals surface area contributed by atoms with Gasteiger partial charge in [-0.05, 0) is 38.5 Å². The summed E-state index contributed by atoms with van der Waals surface area (Å²) in [7, 11) is 0. The highest BCUT2D eigenvalue weighted by atomic mass is 16.6. The molecule has 19 heavy (non-hydrogen) atoms. The summed E-state index contributed by atoms with van der Waals surface area (Å²) in [6.45, 7) is 7.36. The molecule has 0 aromatic rings. The van der Waals surface area contributed by atoms with E-state index in [0.717, 1.165) is 12.8 Å². The number of rotatable bonds is 5. The van der Waals surface area contributed by atoms with Gasteiger partial charge < -0.3 is 9.84 Å². The van der Waals surface area contributed by atoms with Crippen LogP contribution in [0.3, 0.4) is 0 Å². The van der Waals surface area contributed by atoms with E-state index in [1.165, 1.54) is 12.5 Å². The summed E-state index contributed by atoms with van der Waals surface area (Å²) in [4.78, 5) is 22.8. The van der Waals surface area contributed by atoms with Gasteiger partial charge in [0.1, 0.15) is 0 Å². The van der Waals surface area contributed by atoms with Gasteiger partial charge in [-0.15, -0.1) is 0 Å². The van der Waals surface area contributed by atoms with Crippen molar-refractivity contribution in [1.29, 1.82) is 0 Å². The molecule has 1 N–H and O–H groups in total. The van der Waals surface area contributed by atoms with Crippen LogP contribution in [0.5, 0.6) is 0 Å². The van der Waals surface area contributed by atoms with Crippen molar-refractivity contribution < 1.29 is 19.4 Å². The van der Waals surface area contributed by atoms with Gasteiger partial charge in [0.2, 0.25) is 5.60 Å². The van der Waals surface area contributed by atoms with Gasteiger partial charge in [0.25, 0.3) is 0 Å². The quantitative estimate of drug-likeness (QED) is 0.614. The lowest BCUT2D eigenvalue weighted by atomic mass is 9.76. The van der Waals surface area contributed by atoms with Gasteiger partial charge in [-0.2, -0.15) is 0 Å². The fraction of sp³-hybridized carbons (Fsp3) is 0.733. The van der Waals surface area contributed by atoms with E-state index < -0.39 is 17.5 Å². The second kappa shape index (κ2) is 6.22. The Morgan fingerprint density at radius 1 is 1.53 bits per heavy atom. The largest absolute Gasteiger partial charge is 0.478 e. The Morgan fingerprint density at radius 3 is 2.63 bits per heavy atom. The van der Waals surface area contributed by atoms with Crippen molar-refractivity contribution in [2.75, 3.05) is 0 Å². The highest BCUT2D eigenvalue weighted by Crippen LogP contribution is 2.35. The number of ether oxygens (including phenoxy) is 1. The highest BCUT2D eigenvalue weighted by Gasteiger charge is 2.40. The Hall–Kier alpha value is -1.32. The minimum Gasteiger partial charge on any atom is -0.478 e. The zero-order valence-electron chi connectivity index (χ0n) is 12.2. The first-order valence-electron chi connectivity index (χ1n) is 6.91. The molecule has 1 aliphatic carbocycles. The molecule has 0 radical (unpaired) electrons. The van der Waals surface area contributed by atoms with Gasteiger partial charge in [0.05, 0.1) is 0 Å². The maximum absolute atomic E-state index is 11.4. The molecular weight excluding hydrogens is 244 g/mol. The van der Waals surface area contributed by atoms with E-state index >= 15 is 0 Å². The molecule has 1 aliphatic rings. The van der Waals surface area contributed by atoms with Crippen LogP contribution in [0, 0.1) is 11.8 Å². The van der Waals surface area contributed by atoms with Gasteiger partial charge in [-0.1, -0.05) is 25.5 Å². The minimum absolute atomic E-state index is 0.197. The molecule has 0 aromatic carbocycles. The summed E-state index contributed by atoms with van der Waals surface area (Å²) in [6.07, 6.45) is 4.71. The molecule has 3 atom stereocenters.